The maximum Gasteiger partial charge on any atom is 0.244 e. The van der Waals surface area contributed by atoms with E-state index >= 15 is 0 Å². The standard InChI is InChI=1S/C22H30N4O2S/c1-24(18-19-9-3-4-10-21(19)25-13-7-8-14-25)22-12-11-20(17-23-22)29(27,28)26-15-5-2-6-16-26/h3-4,9-12,17H,2,5-8,13-16,18H2,1H3. The normalized spacial score (nSPS) is 18.2. The van der Waals surface area contributed by atoms with Crippen molar-refractivity contribution in [3.05, 3.63) is 48.2 Å². The summed E-state index contributed by atoms with van der Waals surface area (Å²) in [4.78, 5) is 9.28. The lowest BCUT2D eigenvalue weighted by Gasteiger charge is -2.26. The summed E-state index contributed by atoms with van der Waals surface area (Å²) < 4.78 is 27.2. The maximum absolute atomic E-state index is 12.8. The molecule has 1 aromatic carbocycles. The average Bonchev–Trinajstić information content (AvgIpc) is 3.29. The van der Waals surface area contributed by atoms with E-state index in [4.69, 9.17) is 0 Å². The molecule has 0 saturated carbocycles. The molecule has 0 spiro atoms. The molecular weight excluding hydrogens is 384 g/mol. The van der Waals surface area contributed by atoms with Gasteiger partial charge in [-0.15, -0.1) is 0 Å². The van der Waals surface area contributed by atoms with E-state index < -0.39 is 10.0 Å². The maximum atomic E-state index is 12.8. The van der Waals surface area contributed by atoms with Crippen LogP contribution in [0.2, 0.25) is 0 Å². The fraction of sp³-hybridized carbons (Fsp3) is 0.500. The Kier molecular flexibility index (Phi) is 6.06. The van der Waals surface area contributed by atoms with Gasteiger partial charge in [0.05, 0.1) is 0 Å². The van der Waals surface area contributed by atoms with Gasteiger partial charge in [0, 0.05) is 51.7 Å². The topological polar surface area (TPSA) is 56.8 Å². The third-order valence-electron chi connectivity index (χ3n) is 5.91. The zero-order chi connectivity index (χ0) is 20.3. The number of para-hydroxylation sites is 1. The highest BCUT2D eigenvalue weighted by Crippen LogP contribution is 2.27. The number of hydrogen-bond donors (Lipinski definition) is 0. The number of anilines is 2. The molecule has 7 heteroatoms. The third kappa shape index (κ3) is 4.41. The number of nitrogens with zero attached hydrogens (tertiary/aromatic N) is 4. The fourth-order valence-corrected chi connectivity index (χ4v) is 5.72. The van der Waals surface area contributed by atoms with Crippen molar-refractivity contribution < 1.29 is 8.42 Å². The first-order valence-corrected chi connectivity index (χ1v) is 12.0. The Labute approximate surface area is 174 Å². The summed E-state index contributed by atoms with van der Waals surface area (Å²) in [6.45, 7) is 4.18. The van der Waals surface area contributed by atoms with Crippen molar-refractivity contribution in [2.24, 2.45) is 0 Å². The Morgan fingerprint density at radius 1 is 0.931 bits per heavy atom. The second kappa shape index (κ2) is 8.71. The monoisotopic (exact) mass is 414 g/mol. The highest BCUT2D eigenvalue weighted by atomic mass is 32.2. The van der Waals surface area contributed by atoms with Gasteiger partial charge in [-0.05, 0) is 49.4 Å². The summed E-state index contributed by atoms with van der Waals surface area (Å²) >= 11 is 0. The molecular formula is C22H30N4O2S. The van der Waals surface area contributed by atoms with Crippen LogP contribution in [0, 0.1) is 0 Å². The largest absolute Gasteiger partial charge is 0.371 e. The van der Waals surface area contributed by atoms with Gasteiger partial charge in [0.2, 0.25) is 10.0 Å². The van der Waals surface area contributed by atoms with Crippen molar-refractivity contribution in [1.82, 2.24) is 9.29 Å². The summed E-state index contributed by atoms with van der Waals surface area (Å²) in [7, 11) is -1.43. The van der Waals surface area contributed by atoms with Crippen LogP contribution in [0.5, 0.6) is 0 Å². The van der Waals surface area contributed by atoms with Crippen LogP contribution < -0.4 is 9.80 Å². The molecule has 3 heterocycles. The van der Waals surface area contributed by atoms with Gasteiger partial charge in [0.1, 0.15) is 10.7 Å². The van der Waals surface area contributed by atoms with E-state index in [1.165, 1.54) is 30.3 Å². The molecule has 4 rings (SSSR count). The van der Waals surface area contributed by atoms with Gasteiger partial charge in [-0.25, -0.2) is 13.4 Å². The molecule has 0 aliphatic carbocycles. The van der Waals surface area contributed by atoms with Gasteiger partial charge in [0.25, 0.3) is 0 Å². The lowest BCUT2D eigenvalue weighted by atomic mass is 10.1. The number of hydrogen-bond acceptors (Lipinski definition) is 5. The zero-order valence-corrected chi connectivity index (χ0v) is 17.9. The Morgan fingerprint density at radius 2 is 1.62 bits per heavy atom. The lowest BCUT2D eigenvalue weighted by Crippen LogP contribution is -2.35. The van der Waals surface area contributed by atoms with Crippen LogP contribution in [-0.4, -0.2) is 50.9 Å². The van der Waals surface area contributed by atoms with E-state index in [9.17, 15) is 8.42 Å². The Hall–Kier alpha value is -2.12. The SMILES string of the molecule is CN(Cc1ccccc1N1CCCC1)c1ccc(S(=O)(=O)N2CCCCC2)cn1. The molecule has 2 fully saturated rings. The van der Waals surface area contributed by atoms with Gasteiger partial charge >= 0.3 is 0 Å². The number of rotatable bonds is 6. The molecule has 156 valence electrons. The van der Waals surface area contributed by atoms with E-state index in [2.05, 4.69) is 39.0 Å². The Bertz CT molecular complexity index is 918. The molecule has 2 aromatic rings. The van der Waals surface area contributed by atoms with Gasteiger partial charge in [-0.1, -0.05) is 24.6 Å². The van der Waals surface area contributed by atoms with E-state index in [0.29, 0.717) is 13.1 Å². The van der Waals surface area contributed by atoms with Crippen molar-refractivity contribution in [2.75, 3.05) is 43.0 Å². The van der Waals surface area contributed by atoms with Crippen LogP contribution in [-0.2, 0) is 16.6 Å². The van der Waals surface area contributed by atoms with Crippen LogP contribution >= 0.6 is 0 Å². The molecule has 29 heavy (non-hydrogen) atoms. The molecule has 1 aromatic heterocycles. The summed E-state index contributed by atoms with van der Waals surface area (Å²) in [5, 5.41) is 0. The van der Waals surface area contributed by atoms with Gasteiger partial charge in [-0.3, -0.25) is 0 Å². The molecule has 2 aliphatic rings. The third-order valence-corrected chi connectivity index (χ3v) is 7.79. The predicted octanol–water partition coefficient (Wildman–Crippen LogP) is 3.49. The summed E-state index contributed by atoms with van der Waals surface area (Å²) in [5.41, 5.74) is 2.56. The molecule has 0 unspecified atom stereocenters. The molecule has 0 bridgehead atoms. The second-order valence-electron chi connectivity index (χ2n) is 8.00. The minimum atomic E-state index is -3.44. The second-order valence-corrected chi connectivity index (χ2v) is 9.93. The summed E-state index contributed by atoms with van der Waals surface area (Å²) in [6, 6.07) is 12.0. The first kappa shape index (κ1) is 20.2. The van der Waals surface area contributed by atoms with Crippen LogP contribution in [0.1, 0.15) is 37.7 Å². The number of piperidine rings is 1. The minimum Gasteiger partial charge on any atom is -0.371 e. The molecule has 0 amide bonds. The lowest BCUT2D eigenvalue weighted by molar-refractivity contribution is 0.346. The first-order chi connectivity index (χ1) is 14.1. The molecule has 6 nitrogen and oxygen atoms in total. The van der Waals surface area contributed by atoms with Crippen LogP contribution in [0.15, 0.2) is 47.5 Å². The smallest absolute Gasteiger partial charge is 0.244 e. The predicted molar refractivity (Wildman–Crippen MR) is 117 cm³/mol. The summed E-state index contributed by atoms with van der Waals surface area (Å²) in [6.07, 6.45) is 6.97. The fourth-order valence-electron chi connectivity index (χ4n) is 4.25. The number of sulfonamides is 1. The Morgan fingerprint density at radius 3 is 2.31 bits per heavy atom. The molecule has 0 atom stereocenters. The minimum absolute atomic E-state index is 0.286. The molecule has 0 N–H and O–H groups in total. The highest BCUT2D eigenvalue weighted by molar-refractivity contribution is 7.89. The average molecular weight is 415 g/mol. The van der Waals surface area contributed by atoms with Gasteiger partial charge in [-0.2, -0.15) is 4.31 Å². The summed E-state index contributed by atoms with van der Waals surface area (Å²) in [5.74, 6) is 0.777. The zero-order valence-electron chi connectivity index (χ0n) is 17.1. The van der Waals surface area contributed by atoms with Crippen molar-refractivity contribution in [3.8, 4) is 0 Å². The number of aromatic nitrogens is 1. The first-order valence-electron chi connectivity index (χ1n) is 10.6. The molecule has 2 aliphatic heterocycles. The van der Waals surface area contributed by atoms with Crippen LogP contribution in [0.3, 0.4) is 0 Å². The van der Waals surface area contributed by atoms with E-state index in [1.54, 1.807) is 10.4 Å². The van der Waals surface area contributed by atoms with E-state index in [1.807, 2.05) is 13.1 Å². The molecule has 0 radical (unpaired) electrons. The van der Waals surface area contributed by atoms with Crippen LogP contribution in [0.4, 0.5) is 11.5 Å². The van der Waals surface area contributed by atoms with E-state index in [0.717, 1.165) is 44.7 Å². The Balaban J connectivity index is 1.48. The quantitative estimate of drug-likeness (QED) is 0.724. The van der Waals surface area contributed by atoms with Crippen molar-refractivity contribution in [2.45, 2.75) is 43.5 Å². The number of benzene rings is 1. The van der Waals surface area contributed by atoms with Crippen LogP contribution in [0.25, 0.3) is 0 Å². The van der Waals surface area contributed by atoms with Crippen molar-refractivity contribution in [3.63, 3.8) is 0 Å². The van der Waals surface area contributed by atoms with E-state index in [-0.39, 0.29) is 4.90 Å². The van der Waals surface area contributed by atoms with Crippen molar-refractivity contribution in [1.29, 1.82) is 0 Å². The molecule has 2 saturated heterocycles. The van der Waals surface area contributed by atoms with Gasteiger partial charge < -0.3 is 9.80 Å². The van der Waals surface area contributed by atoms with Gasteiger partial charge in [0.15, 0.2) is 0 Å². The highest BCUT2D eigenvalue weighted by Gasteiger charge is 2.26. The number of pyridine rings is 1. The van der Waals surface area contributed by atoms with Crippen molar-refractivity contribution >= 4 is 21.5 Å².